The van der Waals surface area contributed by atoms with Crippen molar-refractivity contribution >= 4 is 33.3 Å². The lowest BCUT2D eigenvalue weighted by atomic mass is 10.0. The van der Waals surface area contributed by atoms with Crippen molar-refractivity contribution in [3.63, 3.8) is 0 Å². The lowest BCUT2D eigenvalue weighted by Crippen LogP contribution is -2.48. The molecule has 0 aliphatic carbocycles. The van der Waals surface area contributed by atoms with E-state index in [-0.39, 0.29) is 53.9 Å². The molecular weight excluding hydrogens is 620 g/mol. The summed E-state index contributed by atoms with van der Waals surface area (Å²) in [5, 5.41) is 13.1. The normalized spacial score (nSPS) is 20.2. The first-order valence-electron chi connectivity index (χ1n) is 16.0. The Hall–Kier alpha value is -4.13. The van der Waals surface area contributed by atoms with Gasteiger partial charge in [0.1, 0.15) is 5.75 Å². The fourth-order valence-electron chi connectivity index (χ4n) is 5.36. The number of ether oxygens (including phenoxy) is 2. The molecule has 3 N–H and O–H groups in total. The van der Waals surface area contributed by atoms with Gasteiger partial charge in [0.05, 0.1) is 35.3 Å². The SMILES string of the molecule is C[C@@H]1CCCCO[C@@H](CN(C)C(=O)Nc2ccccc2)[C@H](C)CN([C@@H](C)CO)C(=O)c2cc(NS(=O)(=O)c3ccccc3)ccc2O1. The zero-order chi connectivity index (χ0) is 34.0. The molecule has 254 valence electrons. The summed E-state index contributed by atoms with van der Waals surface area (Å²) in [5.41, 5.74) is 1.06. The summed E-state index contributed by atoms with van der Waals surface area (Å²) in [4.78, 5) is 30.6. The van der Waals surface area contributed by atoms with E-state index in [2.05, 4.69) is 10.0 Å². The van der Waals surface area contributed by atoms with Crippen LogP contribution in [0.2, 0.25) is 0 Å². The lowest BCUT2D eigenvalue weighted by Gasteiger charge is -2.35. The van der Waals surface area contributed by atoms with Crippen LogP contribution in [0.25, 0.3) is 0 Å². The van der Waals surface area contributed by atoms with E-state index in [1.54, 1.807) is 54.1 Å². The largest absolute Gasteiger partial charge is 0.490 e. The molecule has 0 saturated carbocycles. The zero-order valence-electron chi connectivity index (χ0n) is 27.5. The Morgan fingerprint density at radius 2 is 1.70 bits per heavy atom. The molecule has 1 aliphatic rings. The maximum Gasteiger partial charge on any atom is 0.321 e. The van der Waals surface area contributed by atoms with Gasteiger partial charge in [-0.25, -0.2) is 13.2 Å². The standard InChI is InChI=1S/C35H46N4O7S/c1-25-22-39(26(2)24-40)34(41)31-21-29(37-47(43,44)30-16-9-6-10-17-30)18-19-32(31)46-27(3)13-11-12-20-45-33(25)23-38(4)35(42)36-28-14-7-5-8-15-28/h5-10,14-19,21,25-27,33,37,40H,11-13,20,22-24H2,1-4H3,(H,36,42)/t25-,26+,27-,33+/m1/s1. The number of aliphatic hydroxyl groups is 1. The number of carbonyl (C=O) groups excluding carboxylic acids is 2. The van der Waals surface area contributed by atoms with Gasteiger partial charge < -0.3 is 29.7 Å². The van der Waals surface area contributed by atoms with Crippen molar-refractivity contribution in [3.8, 4) is 5.75 Å². The highest BCUT2D eigenvalue weighted by atomic mass is 32.2. The third-order valence-corrected chi connectivity index (χ3v) is 9.58. The van der Waals surface area contributed by atoms with Crippen LogP contribution in [0, 0.1) is 5.92 Å². The van der Waals surface area contributed by atoms with E-state index in [1.165, 1.54) is 18.2 Å². The van der Waals surface area contributed by atoms with Crippen LogP contribution in [-0.4, -0.2) is 86.9 Å². The number of rotatable bonds is 8. The molecule has 0 radical (unpaired) electrons. The number of likely N-dealkylation sites (N-methyl/N-ethyl adjacent to an activating group) is 1. The molecule has 11 nitrogen and oxygen atoms in total. The predicted octanol–water partition coefficient (Wildman–Crippen LogP) is 5.45. The molecule has 1 aliphatic heterocycles. The van der Waals surface area contributed by atoms with Crippen LogP contribution in [0.1, 0.15) is 50.4 Å². The molecule has 0 spiro atoms. The van der Waals surface area contributed by atoms with E-state index in [0.717, 1.165) is 12.8 Å². The Morgan fingerprint density at radius 1 is 1.02 bits per heavy atom. The second-order valence-corrected chi connectivity index (χ2v) is 13.8. The predicted molar refractivity (Wildman–Crippen MR) is 182 cm³/mol. The van der Waals surface area contributed by atoms with Crippen LogP contribution in [0.4, 0.5) is 16.2 Å². The van der Waals surface area contributed by atoms with Crippen LogP contribution >= 0.6 is 0 Å². The van der Waals surface area contributed by atoms with Crippen molar-refractivity contribution in [2.45, 2.75) is 63.2 Å². The quantitative estimate of drug-likeness (QED) is 0.291. The van der Waals surface area contributed by atoms with Gasteiger partial charge in [-0.05, 0) is 75.6 Å². The highest BCUT2D eigenvalue weighted by Gasteiger charge is 2.31. The Bertz CT molecular complexity index is 1570. The number of hydrogen-bond acceptors (Lipinski definition) is 7. The van der Waals surface area contributed by atoms with Gasteiger partial charge in [0, 0.05) is 44.0 Å². The van der Waals surface area contributed by atoms with Crippen LogP contribution in [0.3, 0.4) is 0 Å². The third-order valence-electron chi connectivity index (χ3n) is 8.18. The van der Waals surface area contributed by atoms with Crippen LogP contribution < -0.4 is 14.8 Å². The number of hydrogen-bond donors (Lipinski definition) is 3. The fraction of sp³-hybridized carbons (Fsp3) is 0.429. The summed E-state index contributed by atoms with van der Waals surface area (Å²) >= 11 is 0. The number of nitrogens with one attached hydrogen (secondary N) is 2. The minimum absolute atomic E-state index is 0.0918. The summed E-state index contributed by atoms with van der Waals surface area (Å²) in [7, 11) is -2.22. The average Bonchev–Trinajstić information content (AvgIpc) is 3.06. The second kappa shape index (κ2) is 16.6. The topological polar surface area (TPSA) is 138 Å². The summed E-state index contributed by atoms with van der Waals surface area (Å²) < 4.78 is 41.4. The number of urea groups is 1. The Kier molecular flexibility index (Phi) is 12.6. The number of aliphatic hydroxyl groups excluding tert-OH is 1. The van der Waals surface area contributed by atoms with Crippen molar-refractivity contribution in [1.82, 2.24) is 9.80 Å². The van der Waals surface area contributed by atoms with Crippen molar-refractivity contribution in [2.24, 2.45) is 5.92 Å². The summed E-state index contributed by atoms with van der Waals surface area (Å²) in [6.07, 6.45) is 1.65. The van der Waals surface area contributed by atoms with Gasteiger partial charge in [0.15, 0.2) is 0 Å². The first kappa shape index (κ1) is 35.7. The van der Waals surface area contributed by atoms with E-state index >= 15 is 0 Å². The van der Waals surface area contributed by atoms with Gasteiger partial charge >= 0.3 is 6.03 Å². The number of anilines is 2. The molecule has 47 heavy (non-hydrogen) atoms. The van der Waals surface area contributed by atoms with Crippen molar-refractivity contribution in [1.29, 1.82) is 0 Å². The second-order valence-electron chi connectivity index (χ2n) is 12.1. The smallest absolute Gasteiger partial charge is 0.321 e. The number of para-hydroxylation sites is 1. The van der Waals surface area contributed by atoms with Crippen molar-refractivity contribution < 1.29 is 32.6 Å². The molecule has 3 aromatic carbocycles. The minimum atomic E-state index is -3.92. The van der Waals surface area contributed by atoms with Gasteiger partial charge in [0.2, 0.25) is 0 Å². The third kappa shape index (κ3) is 9.93. The van der Waals surface area contributed by atoms with E-state index in [4.69, 9.17) is 9.47 Å². The highest BCUT2D eigenvalue weighted by Crippen LogP contribution is 2.29. The molecule has 12 heteroatoms. The fourth-order valence-corrected chi connectivity index (χ4v) is 6.43. The number of nitrogens with zero attached hydrogens (tertiary/aromatic N) is 2. The molecule has 3 aromatic rings. The summed E-state index contributed by atoms with van der Waals surface area (Å²) in [6.45, 7) is 6.27. The molecule has 0 unspecified atom stereocenters. The van der Waals surface area contributed by atoms with Gasteiger partial charge in [-0.3, -0.25) is 9.52 Å². The molecule has 0 fully saturated rings. The number of amides is 3. The highest BCUT2D eigenvalue weighted by molar-refractivity contribution is 7.92. The van der Waals surface area contributed by atoms with Crippen molar-refractivity contribution in [3.05, 3.63) is 84.4 Å². The maximum atomic E-state index is 14.3. The summed E-state index contributed by atoms with van der Waals surface area (Å²) in [5.74, 6) is -0.339. The Morgan fingerprint density at radius 3 is 2.38 bits per heavy atom. The molecule has 1 heterocycles. The van der Waals surface area contributed by atoms with Gasteiger partial charge in [0.25, 0.3) is 15.9 Å². The monoisotopic (exact) mass is 666 g/mol. The van der Waals surface area contributed by atoms with E-state index in [9.17, 15) is 23.1 Å². The van der Waals surface area contributed by atoms with Crippen LogP contribution in [0.15, 0.2) is 83.8 Å². The van der Waals surface area contributed by atoms with Gasteiger partial charge in [-0.1, -0.05) is 43.3 Å². The summed E-state index contributed by atoms with van der Waals surface area (Å²) in [6, 6.07) is 21.0. The van der Waals surface area contributed by atoms with E-state index in [0.29, 0.717) is 24.5 Å². The Labute approximate surface area is 277 Å². The van der Waals surface area contributed by atoms with Crippen LogP contribution in [-0.2, 0) is 14.8 Å². The first-order valence-corrected chi connectivity index (χ1v) is 17.5. The van der Waals surface area contributed by atoms with E-state index < -0.39 is 28.1 Å². The number of fused-ring (bicyclic) bond motifs is 1. The number of sulfonamides is 1. The molecule has 4 rings (SSSR count). The molecule has 0 aromatic heterocycles. The molecule has 3 amide bonds. The zero-order valence-corrected chi connectivity index (χ0v) is 28.3. The number of carbonyl (C=O) groups is 2. The van der Waals surface area contributed by atoms with E-state index in [1.807, 2.05) is 44.2 Å². The lowest BCUT2D eigenvalue weighted by molar-refractivity contribution is -0.0115. The maximum absolute atomic E-state index is 14.3. The number of benzene rings is 3. The van der Waals surface area contributed by atoms with Crippen LogP contribution in [0.5, 0.6) is 5.75 Å². The van der Waals surface area contributed by atoms with Crippen molar-refractivity contribution in [2.75, 3.05) is 43.4 Å². The molecule has 0 saturated heterocycles. The first-order chi connectivity index (χ1) is 22.5. The molecule has 4 atom stereocenters. The average molecular weight is 667 g/mol. The van der Waals surface area contributed by atoms with Gasteiger partial charge in [-0.15, -0.1) is 0 Å². The molecular formula is C35H46N4O7S. The minimum Gasteiger partial charge on any atom is -0.490 e. The van der Waals surface area contributed by atoms with Gasteiger partial charge in [-0.2, -0.15) is 0 Å². The molecule has 0 bridgehead atoms. The Balaban J connectivity index is 1.63.